The molecule has 0 spiro atoms. The summed E-state index contributed by atoms with van der Waals surface area (Å²) in [5.74, 6) is 0.913. The third-order valence-electron chi connectivity index (χ3n) is 4.57. The average molecular weight is 317 g/mol. The summed E-state index contributed by atoms with van der Waals surface area (Å²) in [6.45, 7) is 8.76. The number of aryl methyl sites for hydroxylation is 2. The maximum atomic E-state index is 11.9. The Morgan fingerprint density at radius 3 is 2.35 bits per heavy atom. The third kappa shape index (κ3) is 7.81. The summed E-state index contributed by atoms with van der Waals surface area (Å²) in [5, 5.41) is 0. The van der Waals surface area contributed by atoms with Crippen molar-refractivity contribution in [1.82, 2.24) is 0 Å². The Kier molecular flexibility index (Phi) is 9.91. The normalized spacial score (nSPS) is 11.2. The monoisotopic (exact) mass is 316 g/mol. The molecule has 0 radical (unpaired) electrons. The zero-order valence-electron chi connectivity index (χ0n) is 15.8. The molecule has 0 N–H and O–H groups in total. The van der Waals surface area contributed by atoms with Crippen LogP contribution in [0.4, 0.5) is 0 Å². The summed E-state index contributed by atoms with van der Waals surface area (Å²) in [4.78, 5) is 11.9. The van der Waals surface area contributed by atoms with Crippen molar-refractivity contribution in [1.29, 1.82) is 0 Å². The van der Waals surface area contributed by atoms with Crippen molar-refractivity contribution in [3.8, 4) is 0 Å². The van der Waals surface area contributed by atoms with Crippen LogP contribution in [-0.4, -0.2) is 5.78 Å². The van der Waals surface area contributed by atoms with E-state index in [-0.39, 0.29) is 0 Å². The van der Waals surface area contributed by atoms with E-state index in [0.29, 0.717) is 11.7 Å². The average Bonchev–Trinajstić information content (AvgIpc) is 2.51. The SMILES string of the molecule is CCCCCCc1c(CC)cccc1CCCC(=O)CC(C)C. The van der Waals surface area contributed by atoms with Gasteiger partial charge in [0.2, 0.25) is 0 Å². The molecule has 1 heteroatoms. The lowest BCUT2D eigenvalue weighted by Crippen LogP contribution is -2.05. The minimum absolute atomic E-state index is 0.427. The fraction of sp³-hybridized carbons (Fsp3) is 0.682. The maximum absolute atomic E-state index is 11.9. The van der Waals surface area contributed by atoms with Gasteiger partial charge >= 0.3 is 0 Å². The molecule has 1 rings (SSSR count). The first-order valence-corrected chi connectivity index (χ1v) is 9.69. The first kappa shape index (κ1) is 19.9. The van der Waals surface area contributed by atoms with E-state index >= 15 is 0 Å². The van der Waals surface area contributed by atoms with Gasteiger partial charge in [-0.05, 0) is 54.7 Å². The summed E-state index contributed by atoms with van der Waals surface area (Å²) >= 11 is 0. The Hall–Kier alpha value is -1.11. The largest absolute Gasteiger partial charge is 0.300 e. The van der Waals surface area contributed by atoms with E-state index < -0.39 is 0 Å². The Morgan fingerprint density at radius 2 is 1.70 bits per heavy atom. The van der Waals surface area contributed by atoms with Crippen molar-refractivity contribution in [3.05, 3.63) is 34.9 Å². The Labute approximate surface area is 143 Å². The number of rotatable bonds is 12. The molecule has 23 heavy (non-hydrogen) atoms. The number of hydrogen-bond acceptors (Lipinski definition) is 1. The predicted octanol–water partition coefficient (Wildman–Crippen LogP) is 6.31. The van der Waals surface area contributed by atoms with Crippen LogP contribution in [0.3, 0.4) is 0 Å². The van der Waals surface area contributed by atoms with E-state index in [1.54, 1.807) is 5.56 Å². The van der Waals surface area contributed by atoms with Crippen LogP contribution in [-0.2, 0) is 24.1 Å². The summed E-state index contributed by atoms with van der Waals surface area (Å²) in [6.07, 6.45) is 11.1. The highest BCUT2D eigenvalue weighted by Crippen LogP contribution is 2.21. The second-order valence-electron chi connectivity index (χ2n) is 7.21. The molecule has 0 atom stereocenters. The van der Waals surface area contributed by atoms with Gasteiger partial charge in [0, 0.05) is 12.8 Å². The lowest BCUT2D eigenvalue weighted by atomic mass is 9.91. The van der Waals surface area contributed by atoms with Crippen molar-refractivity contribution in [2.45, 2.75) is 91.9 Å². The maximum Gasteiger partial charge on any atom is 0.133 e. The van der Waals surface area contributed by atoms with Crippen LogP contribution in [0, 0.1) is 5.92 Å². The fourth-order valence-electron chi connectivity index (χ4n) is 3.34. The molecular formula is C22H36O. The van der Waals surface area contributed by atoms with Gasteiger partial charge in [-0.2, -0.15) is 0 Å². The molecule has 130 valence electrons. The number of carbonyl (C=O) groups is 1. The Bertz CT molecular complexity index is 459. The zero-order valence-corrected chi connectivity index (χ0v) is 15.8. The second-order valence-corrected chi connectivity index (χ2v) is 7.21. The van der Waals surface area contributed by atoms with Crippen molar-refractivity contribution < 1.29 is 4.79 Å². The van der Waals surface area contributed by atoms with E-state index in [1.165, 1.54) is 43.2 Å². The third-order valence-corrected chi connectivity index (χ3v) is 4.57. The first-order chi connectivity index (χ1) is 11.1. The summed E-state index contributed by atoms with van der Waals surface area (Å²) in [7, 11) is 0. The molecule has 0 bridgehead atoms. The summed E-state index contributed by atoms with van der Waals surface area (Å²) in [5.41, 5.74) is 4.56. The van der Waals surface area contributed by atoms with Gasteiger partial charge in [0.05, 0.1) is 0 Å². The van der Waals surface area contributed by atoms with Gasteiger partial charge in [-0.3, -0.25) is 4.79 Å². The molecule has 0 aromatic heterocycles. The topological polar surface area (TPSA) is 17.1 Å². The summed E-state index contributed by atoms with van der Waals surface area (Å²) in [6, 6.07) is 6.75. The lowest BCUT2D eigenvalue weighted by molar-refractivity contribution is -0.119. The summed E-state index contributed by atoms with van der Waals surface area (Å²) < 4.78 is 0. The van der Waals surface area contributed by atoms with Crippen molar-refractivity contribution >= 4 is 5.78 Å². The number of benzene rings is 1. The second kappa shape index (κ2) is 11.4. The van der Waals surface area contributed by atoms with Crippen LogP contribution in [0.5, 0.6) is 0 Å². The Morgan fingerprint density at radius 1 is 0.957 bits per heavy atom. The van der Waals surface area contributed by atoms with Gasteiger partial charge in [-0.15, -0.1) is 0 Å². The van der Waals surface area contributed by atoms with Crippen molar-refractivity contribution in [3.63, 3.8) is 0 Å². The van der Waals surface area contributed by atoms with Gasteiger partial charge in [-0.1, -0.05) is 65.2 Å². The smallest absolute Gasteiger partial charge is 0.133 e. The predicted molar refractivity (Wildman–Crippen MR) is 101 cm³/mol. The van der Waals surface area contributed by atoms with E-state index in [1.807, 2.05) is 0 Å². The number of unbranched alkanes of at least 4 members (excludes halogenated alkanes) is 3. The van der Waals surface area contributed by atoms with E-state index in [4.69, 9.17) is 0 Å². The van der Waals surface area contributed by atoms with E-state index in [2.05, 4.69) is 45.9 Å². The molecule has 0 heterocycles. The van der Waals surface area contributed by atoms with E-state index in [0.717, 1.165) is 32.1 Å². The van der Waals surface area contributed by atoms with E-state index in [9.17, 15) is 4.79 Å². The standard InChI is InChI=1S/C22H36O/c1-5-7-8-9-16-22-19(6-2)12-10-13-20(22)14-11-15-21(23)17-18(3)4/h10,12-13,18H,5-9,11,14-17H2,1-4H3. The van der Waals surface area contributed by atoms with Crippen LogP contribution in [0.15, 0.2) is 18.2 Å². The molecule has 0 aliphatic carbocycles. The molecule has 1 aromatic rings. The highest BCUT2D eigenvalue weighted by Gasteiger charge is 2.09. The number of hydrogen-bond donors (Lipinski definition) is 0. The molecular weight excluding hydrogens is 280 g/mol. The molecule has 1 aromatic carbocycles. The van der Waals surface area contributed by atoms with Crippen molar-refractivity contribution in [2.75, 3.05) is 0 Å². The minimum atomic E-state index is 0.427. The highest BCUT2D eigenvalue weighted by molar-refractivity contribution is 5.78. The van der Waals surface area contributed by atoms with Crippen molar-refractivity contribution in [2.24, 2.45) is 5.92 Å². The molecule has 0 fully saturated rings. The zero-order chi connectivity index (χ0) is 17.1. The number of Topliss-reactive ketones (excluding diaryl/α,β-unsaturated/α-hetero) is 1. The molecule has 0 unspecified atom stereocenters. The van der Waals surface area contributed by atoms with Crippen LogP contribution >= 0.6 is 0 Å². The fourth-order valence-corrected chi connectivity index (χ4v) is 3.34. The molecule has 0 aliphatic heterocycles. The number of carbonyl (C=O) groups excluding carboxylic acids is 1. The number of ketones is 1. The molecule has 0 saturated heterocycles. The van der Waals surface area contributed by atoms with Gasteiger partial charge < -0.3 is 0 Å². The van der Waals surface area contributed by atoms with Crippen LogP contribution < -0.4 is 0 Å². The van der Waals surface area contributed by atoms with Crippen LogP contribution in [0.25, 0.3) is 0 Å². The minimum Gasteiger partial charge on any atom is -0.300 e. The molecule has 0 aliphatic rings. The quantitative estimate of drug-likeness (QED) is 0.413. The molecule has 0 amide bonds. The first-order valence-electron chi connectivity index (χ1n) is 9.69. The molecule has 1 nitrogen and oxygen atoms in total. The Balaban J connectivity index is 2.60. The van der Waals surface area contributed by atoms with Crippen LogP contribution in [0.2, 0.25) is 0 Å². The van der Waals surface area contributed by atoms with Gasteiger partial charge in [-0.25, -0.2) is 0 Å². The van der Waals surface area contributed by atoms with Crippen LogP contribution in [0.1, 0.15) is 89.3 Å². The highest BCUT2D eigenvalue weighted by atomic mass is 16.1. The van der Waals surface area contributed by atoms with Gasteiger partial charge in [0.15, 0.2) is 0 Å². The molecule has 0 saturated carbocycles. The van der Waals surface area contributed by atoms with Gasteiger partial charge in [0.1, 0.15) is 5.78 Å². The van der Waals surface area contributed by atoms with Gasteiger partial charge in [0.25, 0.3) is 0 Å². The lowest BCUT2D eigenvalue weighted by Gasteiger charge is -2.14.